The molecule has 1 saturated heterocycles. The second kappa shape index (κ2) is 42.8. The maximum atomic E-state index is 12.8. The Bertz CT molecular complexity index is 1250. The number of rotatable bonds is 43. The van der Waals surface area contributed by atoms with Crippen molar-refractivity contribution in [2.75, 3.05) is 13.2 Å². The second-order valence-corrected chi connectivity index (χ2v) is 17.6. The van der Waals surface area contributed by atoms with Crippen LogP contribution in [0.4, 0.5) is 0 Å². The Hall–Kier alpha value is -2.83. The van der Waals surface area contributed by atoms with E-state index in [2.05, 4.69) is 62.5 Å². The maximum absolute atomic E-state index is 12.8. The summed E-state index contributed by atoms with van der Waals surface area (Å²) in [6, 6.07) is 0. The highest BCUT2D eigenvalue weighted by Crippen LogP contribution is 2.23. The Morgan fingerprint density at radius 2 is 0.922 bits per heavy atom. The Balaban J connectivity index is 2.31. The van der Waals surface area contributed by atoms with Crippen LogP contribution in [0.2, 0.25) is 0 Å². The summed E-state index contributed by atoms with van der Waals surface area (Å²) in [4.78, 5) is 37.0. The SMILES string of the molecule is CC/C=C\C/C=C\C/C=C\C/C=C\CCCCCCCCC(=O)OCC(COC1OC(C(=O)O)C(O)C(O)C1O)OC(=O)CCCCCCCCCCCCCCCCCCCCC. The highest BCUT2D eigenvalue weighted by atomic mass is 16.7. The molecule has 6 atom stereocenters. The molecule has 6 unspecified atom stereocenters. The van der Waals surface area contributed by atoms with Gasteiger partial charge in [0.05, 0.1) is 6.61 Å². The fourth-order valence-corrected chi connectivity index (χ4v) is 7.69. The topological polar surface area (TPSA) is 169 Å². The minimum Gasteiger partial charge on any atom is -0.479 e. The molecule has 0 aromatic carbocycles. The van der Waals surface area contributed by atoms with E-state index in [0.29, 0.717) is 12.8 Å². The van der Waals surface area contributed by atoms with Gasteiger partial charge in [0.25, 0.3) is 0 Å². The van der Waals surface area contributed by atoms with Crippen molar-refractivity contribution in [3.8, 4) is 0 Å². The molecule has 1 aliphatic heterocycles. The third kappa shape index (κ3) is 33.6. The van der Waals surface area contributed by atoms with Gasteiger partial charge < -0.3 is 39.4 Å². The van der Waals surface area contributed by atoms with Crippen LogP contribution >= 0.6 is 0 Å². The third-order valence-corrected chi connectivity index (χ3v) is 11.7. The lowest BCUT2D eigenvalue weighted by Crippen LogP contribution is -2.60. The number of hydrogen-bond donors (Lipinski definition) is 4. The second-order valence-electron chi connectivity index (χ2n) is 17.6. The van der Waals surface area contributed by atoms with Gasteiger partial charge in [0.15, 0.2) is 18.5 Å². The predicted molar refractivity (Wildman–Crippen MR) is 257 cm³/mol. The first-order valence-electron chi connectivity index (χ1n) is 25.7. The number of hydrogen-bond acceptors (Lipinski definition) is 10. The molecule has 11 nitrogen and oxygen atoms in total. The summed E-state index contributed by atoms with van der Waals surface area (Å²) in [5.41, 5.74) is 0. The van der Waals surface area contributed by atoms with Gasteiger partial charge in [-0.3, -0.25) is 9.59 Å². The van der Waals surface area contributed by atoms with Crippen LogP contribution in [0.25, 0.3) is 0 Å². The molecule has 4 N–H and O–H groups in total. The number of aliphatic carboxylic acids is 1. The Kier molecular flexibility index (Phi) is 39.6. The zero-order valence-corrected chi connectivity index (χ0v) is 40.3. The molecule has 0 radical (unpaired) electrons. The number of carboxylic acids is 1. The monoisotopic (exact) mass is 905 g/mol. The van der Waals surface area contributed by atoms with Crippen LogP contribution in [0.15, 0.2) is 48.6 Å². The van der Waals surface area contributed by atoms with Crippen molar-refractivity contribution in [2.45, 2.75) is 256 Å². The van der Waals surface area contributed by atoms with Crippen LogP contribution < -0.4 is 0 Å². The summed E-state index contributed by atoms with van der Waals surface area (Å²) in [6.45, 7) is 3.72. The molecule has 1 fully saturated rings. The lowest BCUT2D eigenvalue weighted by molar-refractivity contribution is -0.298. The number of allylic oxidation sites excluding steroid dienone is 8. The summed E-state index contributed by atoms with van der Waals surface area (Å²) in [7, 11) is 0. The summed E-state index contributed by atoms with van der Waals surface area (Å²) in [5.74, 6) is -2.45. The average molecular weight is 905 g/mol. The first-order valence-corrected chi connectivity index (χ1v) is 25.7. The fourth-order valence-electron chi connectivity index (χ4n) is 7.69. The van der Waals surface area contributed by atoms with E-state index in [1.54, 1.807) is 0 Å². The van der Waals surface area contributed by atoms with Crippen molar-refractivity contribution in [3.05, 3.63) is 48.6 Å². The third-order valence-electron chi connectivity index (χ3n) is 11.7. The van der Waals surface area contributed by atoms with Gasteiger partial charge in [-0.15, -0.1) is 0 Å². The van der Waals surface area contributed by atoms with Crippen molar-refractivity contribution < 1.29 is 53.8 Å². The van der Waals surface area contributed by atoms with Crippen LogP contribution in [0.3, 0.4) is 0 Å². The van der Waals surface area contributed by atoms with Gasteiger partial charge in [-0.1, -0.05) is 204 Å². The normalized spacial score (nSPS) is 19.7. The predicted octanol–water partition coefficient (Wildman–Crippen LogP) is 12.1. The smallest absolute Gasteiger partial charge is 0.335 e. The molecule has 1 aliphatic rings. The van der Waals surface area contributed by atoms with Gasteiger partial charge in [0.2, 0.25) is 0 Å². The number of ether oxygens (including phenoxy) is 4. The molecule has 370 valence electrons. The Morgan fingerprint density at radius 3 is 1.39 bits per heavy atom. The molecule has 0 spiro atoms. The Morgan fingerprint density at radius 1 is 0.500 bits per heavy atom. The molecular weight excluding hydrogens is 813 g/mol. The van der Waals surface area contributed by atoms with E-state index >= 15 is 0 Å². The largest absolute Gasteiger partial charge is 0.479 e. The van der Waals surface area contributed by atoms with Gasteiger partial charge in [0.1, 0.15) is 24.9 Å². The van der Waals surface area contributed by atoms with E-state index in [1.165, 1.54) is 96.3 Å². The molecule has 0 saturated carbocycles. The first-order chi connectivity index (χ1) is 31.2. The number of carbonyl (C=O) groups is 3. The van der Waals surface area contributed by atoms with Gasteiger partial charge in [-0.05, 0) is 51.4 Å². The Labute approximate surface area is 388 Å². The minimum absolute atomic E-state index is 0.182. The number of esters is 2. The molecule has 64 heavy (non-hydrogen) atoms. The molecule has 11 heteroatoms. The highest BCUT2D eigenvalue weighted by Gasteiger charge is 2.47. The molecule has 1 heterocycles. The van der Waals surface area contributed by atoms with E-state index in [9.17, 15) is 34.8 Å². The van der Waals surface area contributed by atoms with Crippen LogP contribution in [0.5, 0.6) is 0 Å². The molecular formula is C53H92O11. The lowest BCUT2D eigenvalue weighted by Gasteiger charge is -2.38. The van der Waals surface area contributed by atoms with Crippen molar-refractivity contribution >= 4 is 17.9 Å². The average Bonchev–Trinajstić information content (AvgIpc) is 3.28. The van der Waals surface area contributed by atoms with Gasteiger partial charge in [-0.25, -0.2) is 4.79 Å². The number of carbonyl (C=O) groups excluding carboxylic acids is 2. The molecule has 0 bridgehead atoms. The quantitative estimate of drug-likeness (QED) is 0.0261. The van der Waals surface area contributed by atoms with E-state index in [0.717, 1.165) is 83.5 Å². The summed E-state index contributed by atoms with van der Waals surface area (Å²) in [6.07, 6.45) is 43.0. The van der Waals surface area contributed by atoms with E-state index < -0.39 is 61.3 Å². The first kappa shape index (κ1) is 59.2. The van der Waals surface area contributed by atoms with Crippen LogP contribution in [0.1, 0.15) is 219 Å². The maximum Gasteiger partial charge on any atom is 0.335 e. The van der Waals surface area contributed by atoms with E-state index in [-0.39, 0.29) is 19.4 Å². The number of aliphatic hydroxyl groups excluding tert-OH is 3. The lowest BCUT2D eigenvalue weighted by atomic mass is 9.99. The number of aliphatic hydroxyl groups is 3. The van der Waals surface area contributed by atoms with Crippen LogP contribution in [0, 0.1) is 0 Å². The van der Waals surface area contributed by atoms with Crippen molar-refractivity contribution in [1.82, 2.24) is 0 Å². The zero-order chi connectivity index (χ0) is 46.7. The summed E-state index contributed by atoms with van der Waals surface area (Å²) >= 11 is 0. The zero-order valence-electron chi connectivity index (χ0n) is 40.3. The van der Waals surface area contributed by atoms with Gasteiger partial charge >= 0.3 is 17.9 Å². The van der Waals surface area contributed by atoms with E-state index in [1.807, 2.05) is 0 Å². The fraction of sp³-hybridized carbons (Fsp3) is 0.792. The molecule has 0 aromatic rings. The highest BCUT2D eigenvalue weighted by molar-refractivity contribution is 5.73. The number of carboxylic acid groups (broad SMARTS) is 1. The minimum atomic E-state index is -1.86. The molecule has 0 aliphatic carbocycles. The van der Waals surface area contributed by atoms with Gasteiger partial charge in [0, 0.05) is 12.8 Å². The summed E-state index contributed by atoms with van der Waals surface area (Å²) in [5, 5.41) is 39.9. The van der Waals surface area contributed by atoms with Crippen LogP contribution in [-0.2, 0) is 33.3 Å². The standard InChI is InChI=1S/C53H92O11/c1-3-5-7-9-11-13-15-17-19-21-23-25-27-29-31-33-35-37-39-41-46(54)61-43-45(44-62-53-50(58)48(56)49(57)51(64-53)52(59)60)63-47(55)42-40-38-36-34-32-30-28-26-24-22-20-18-16-14-12-10-8-6-4-2/h5,7,11,13,17,19,23,25,45,48-51,53,56-58H,3-4,6,8-10,12,14-16,18,20-22,24,26-44H2,1-2H3,(H,59,60)/b7-5-,13-11-,19-17-,25-23-. The molecule has 0 amide bonds. The number of unbranched alkanes of at least 4 members (excludes halogenated alkanes) is 24. The molecule has 0 aromatic heterocycles. The van der Waals surface area contributed by atoms with Crippen molar-refractivity contribution in [3.63, 3.8) is 0 Å². The van der Waals surface area contributed by atoms with E-state index in [4.69, 9.17) is 18.9 Å². The van der Waals surface area contributed by atoms with Crippen LogP contribution in [-0.4, -0.2) is 88.4 Å². The van der Waals surface area contributed by atoms with Gasteiger partial charge in [-0.2, -0.15) is 0 Å². The molecule has 1 rings (SSSR count). The summed E-state index contributed by atoms with van der Waals surface area (Å²) < 4.78 is 21.8. The van der Waals surface area contributed by atoms with Crippen molar-refractivity contribution in [2.24, 2.45) is 0 Å². The van der Waals surface area contributed by atoms with Crippen molar-refractivity contribution in [1.29, 1.82) is 0 Å².